The second-order valence-electron chi connectivity index (χ2n) is 5.59. The van der Waals surface area contributed by atoms with Crippen molar-refractivity contribution in [3.8, 4) is 0 Å². The second-order valence-corrected chi connectivity index (χ2v) is 5.59. The van der Waals surface area contributed by atoms with Gasteiger partial charge in [0.25, 0.3) is 0 Å². The monoisotopic (exact) mass is 235 g/mol. The summed E-state index contributed by atoms with van der Waals surface area (Å²) < 4.78 is 1.89. The Labute approximate surface area is 101 Å². The predicted octanol–water partition coefficient (Wildman–Crippen LogP) is 1.80. The number of piperidine rings is 1. The molecule has 1 aliphatic heterocycles. The molecule has 1 saturated heterocycles. The second kappa shape index (κ2) is 4.33. The summed E-state index contributed by atoms with van der Waals surface area (Å²) in [4.78, 5) is 14.4. The maximum absolute atomic E-state index is 11.7. The molecule has 1 aliphatic carbocycles. The third kappa shape index (κ3) is 2.06. The molecule has 1 aromatic heterocycles. The van der Waals surface area contributed by atoms with E-state index in [2.05, 4.69) is 10.3 Å². The number of hydrogen-bond acceptors (Lipinski definition) is 2. The van der Waals surface area contributed by atoms with E-state index in [1.54, 1.807) is 6.20 Å². The lowest BCUT2D eigenvalue weighted by Crippen LogP contribution is -2.53. The number of aromatic nitrogens is 2. The van der Waals surface area contributed by atoms with Gasteiger partial charge in [0.15, 0.2) is 0 Å². The number of imidazole rings is 1. The van der Waals surface area contributed by atoms with E-state index in [4.69, 9.17) is 0 Å². The molecule has 2 fully saturated rings. The van der Waals surface area contributed by atoms with Gasteiger partial charge in [-0.15, -0.1) is 0 Å². The average Bonchev–Trinajstić information content (AvgIpc) is 2.77. The van der Waals surface area contributed by atoms with E-state index < -0.39 is 0 Å². The number of aromatic amines is 1. The van der Waals surface area contributed by atoms with E-state index >= 15 is 0 Å². The van der Waals surface area contributed by atoms with Crippen molar-refractivity contribution >= 4 is 0 Å². The third-order valence-corrected chi connectivity index (χ3v) is 4.48. The Morgan fingerprint density at radius 1 is 1.29 bits per heavy atom. The zero-order chi connectivity index (χ0) is 11.7. The number of rotatable bonds is 1. The lowest BCUT2D eigenvalue weighted by Gasteiger charge is -2.44. The van der Waals surface area contributed by atoms with Crippen LogP contribution in [0.1, 0.15) is 51.0 Å². The van der Waals surface area contributed by atoms with Gasteiger partial charge in [0, 0.05) is 24.0 Å². The van der Waals surface area contributed by atoms with Gasteiger partial charge in [-0.3, -0.25) is 4.57 Å². The van der Waals surface area contributed by atoms with E-state index in [0.717, 1.165) is 19.4 Å². The van der Waals surface area contributed by atoms with Crippen LogP contribution in [0.25, 0.3) is 0 Å². The maximum atomic E-state index is 11.7. The Balaban J connectivity index is 1.79. The summed E-state index contributed by atoms with van der Waals surface area (Å²) in [5, 5.41) is 3.72. The van der Waals surface area contributed by atoms with Gasteiger partial charge in [-0.05, 0) is 32.2 Å². The predicted molar refractivity (Wildman–Crippen MR) is 67.1 cm³/mol. The topological polar surface area (TPSA) is 49.8 Å². The van der Waals surface area contributed by atoms with Crippen LogP contribution in [0, 0.1) is 0 Å². The molecule has 1 aromatic rings. The first kappa shape index (κ1) is 11.1. The fraction of sp³-hybridized carbons (Fsp3) is 0.769. The van der Waals surface area contributed by atoms with Gasteiger partial charge in [-0.2, -0.15) is 0 Å². The van der Waals surface area contributed by atoms with E-state index in [1.165, 1.54) is 32.1 Å². The van der Waals surface area contributed by atoms with Gasteiger partial charge in [0.1, 0.15) is 0 Å². The van der Waals surface area contributed by atoms with Crippen molar-refractivity contribution in [2.75, 3.05) is 6.54 Å². The number of nitrogens with one attached hydrogen (secondary N) is 2. The number of H-pyrrole nitrogens is 1. The zero-order valence-electron chi connectivity index (χ0n) is 10.2. The van der Waals surface area contributed by atoms with Crippen LogP contribution in [0.3, 0.4) is 0 Å². The lowest BCUT2D eigenvalue weighted by atomic mass is 9.75. The highest BCUT2D eigenvalue weighted by Crippen LogP contribution is 2.38. The highest BCUT2D eigenvalue weighted by atomic mass is 16.1. The van der Waals surface area contributed by atoms with Gasteiger partial charge in [0.2, 0.25) is 0 Å². The molecule has 2 heterocycles. The SMILES string of the molecule is O=c1[nH]ccn1C1CCNC2(CCCCC2)C1. The molecule has 4 nitrogen and oxygen atoms in total. The minimum Gasteiger partial charge on any atom is -0.313 e. The van der Waals surface area contributed by atoms with Gasteiger partial charge < -0.3 is 10.3 Å². The summed E-state index contributed by atoms with van der Waals surface area (Å²) in [6, 6.07) is 0.382. The molecule has 94 valence electrons. The summed E-state index contributed by atoms with van der Waals surface area (Å²) in [5.74, 6) is 0. The molecule has 3 rings (SSSR count). The van der Waals surface area contributed by atoms with Crippen molar-refractivity contribution < 1.29 is 0 Å². The molecule has 0 aromatic carbocycles. The van der Waals surface area contributed by atoms with E-state index in [0.29, 0.717) is 11.6 Å². The highest BCUT2D eigenvalue weighted by Gasteiger charge is 2.37. The van der Waals surface area contributed by atoms with Crippen molar-refractivity contribution in [3.63, 3.8) is 0 Å². The largest absolute Gasteiger partial charge is 0.325 e. The normalized spacial score (nSPS) is 28.4. The Kier molecular flexibility index (Phi) is 2.82. The van der Waals surface area contributed by atoms with E-state index in [1.807, 2.05) is 10.8 Å². The van der Waals surface area contributed by atoms with Gasteiger partial charge in [-0.1, -0.05) is 19.3 Å². The molecular formula is C13H21N3O. The fourth-order valence-corrected chi connectivity index (χ4v) is 3.59. The Morgan fingerprint density at radius 2 is 2.12 bits per heavy atom. The summed E-state index contributed by atoms with van der Waals surface area (Å²) in [5.41, 5.74) is 0.362. The van der Waals surface area contributed by atoms with Crippen LogP contribution < -0.4 is 11.0 Å². The van der Waals surface area contributed by atoms with Crippen LogP contribution in [0.2, 0.25) is 0 Å². The standard InChI is InChI=1S/C13H21N3O/c17-12-14-8-9-16(12)11-4-7-15-13(10-11)5-2-1-3-6-13/h8-9,11,15H,1-7,10H2,(H,14,17). The molecular weight excluding hydrogens is 214 g/mol. The smallest absolute Gasteiger partial charge is 0.313 e. The van der Waals surface area contributed by atoms with Crippen LogP contribution in [-0.4, -0.2) is 21.6 Å². The van der Waals surface area contributed by atoms with Crippen molar-refractivity contribution in [3.05, 3.63) is 22.9 Å². The summed E-state index contributed by atoms with van der Waals surface area (Å²) >= 11 is 0. The van der Waals surface area contributed by atoms with Crippen LogP contribution in [0.15, 0.2) is 17.2 Å². The molecule has 2 N–H and O–H groups in total. The first-order chi connectivity index (χ1) is 8.29. The van der Waals surface area contributed by atoms with Crippen molar-refractivity contribution in [1.29, 1.82) is 0 Å². The Morgan fingerprint density at radius 3 is 2.82 bits per heavy atom. The molecule has 2 aliphatic rings. The molecule has 0 bridgehead atoms. The molecule has 1 unspecified atom stereocenters. The maximum Gasteiger partial charge on any atom is 0.325 e. The number of hydrogen-bond donors (Lipinski definition) is 2. The Hall–Kier alpha value is -1.03. The molecule has 1 atom stereocenters. The van der Waals surface area contributed by atoms with Gasteiger partial charge in [0.05, 0.1) is 0 Å². The molecule has 1 spiro atoms. The minimum absolute atomic E-state index is 0.0443. The van der Waals surface area contributed by atoms with Crippen LogP contribution >= 0.6 is 0 Å². The molecule has 0 radical (unpaired) electrons. The summed E-state index contributed by atoms with van der Waals surface area (Å²) in [7, 11) is 0. The summed E-state index contributed by atoms with van der Waals surface area (Å²) in [6.07, 6.45) is 12.4. The molecule has 0 amide bonds. The van der Waals surface area contributed by atoms with E-state index in [-0.39, 0.29) is 5.69 Å². The minimum atomic E-state index is 0.0443. The average molecular weight is 235 g/mol. The van der Waals surface area contributed by atoms with Crippen LogP contribution in [0.5, 0.6) is 0 Å². The van der Waals surface area contributed by atoms with Crippen molar-refractivity contribution in [2.45, 2.75) is 56.5 Å². The van der Waals surface area contributed by atoms with Crippen molar-refractivity contribution in [2.24, 2.45) is 0 Å². The summed E-state index contributed by atoms with van der Waals surface area (Å²) in [6.45, 7) is 1.04. The van der Waals surface area contributed by atoms with Gasteiger partial charge >= 0.3 is 5.69 Å². The zero-order valence-corrected chi connectivity index (χ0v) is 10.2. The van der Waals surface area contributed by atoms with Gasteiger partial charge in [-0.25, -0.2) is 4.79 Å². The fourth-order valence-electron chi connectivity index (χ4n) is 3.59. The Bertz CT molecular complexity index is 422. The van der Waals surface area contributed by atoms with Crippen LogP contribution in [-0.2, 0) is 0 Å². The first-order valence-electron chi connectivity index (χ1n) is 6.80. The highest BCUT2D eigenvalue weighted by molar-refractivity contribution is 4.98. The number of nitrogens with zero attached hydrogens (tertiary/aromatic N) is 1. The molecule has 1 saturated carbocycles. The molecule has 4 heteroatoms. The first-order valence-corrected chi connectivity index (χ1v) is 6.80. The lowest BCUT2D eigenvalue weighted by molar-refractivity contribution is 0.145. The quantitative estimate of drug-likeness (QED) is 0.780. The molecule has 17 heavy (non-hydrogen) atoms. The van der Waals surface area contributed by atoms with E-state index in [9.17, 15) is 4.79 Å². The third-order valence-electron chi connectivity index (χ3n) is 4.48. The van der Waals surface area contributed by atoms with Crippen LogP contribution in [0.4, 0.5) is 0 Å². The van der Waals surface area contributed by atoms with Crippen molar-refractivity contribution in [1.82, 2.24) is 14.9 Å².